The molecule has 0 aliphatic carbocycles. The Kier molecular flexibility index (Phi) is 11.6. The number of carbonyl (C=O) groups is 1. The first-order chi connectivity index (χ1) is 19.7. The third-order valence-corrected chi connectivity index (χ3v) is 6.74. The SMILES string of the molecule is CC.CC.CC.COc1cc2c(cc1OCNCn1c3ccccc3c3ccccc31)N=CC1CCCN1C2=O. The van der Waals surface area contributed by atoms with Crippen LogP contribution in [0.15, 0.2) is 65.7 Å². The normalized spacial score (nSPS) is 15.0. The molecule has 0 bridgehead atoms. The van der Waals surface area contributed by atoms with Crippen molar-refractivity contribution in [2.45, 2.75) is 67.1 Å². The van der Waals surface area contributed by atoms with Crippen LogP contribution in [0.25, 0.3) is 21.8 Å². The van der Waals surface area contributed by atoms with E-state index < -0.39 is 0 Å². The molecule has 1 unspecified atom stereocenters. The first kappa shape index (κ1) is 30.7. The van der Waals surface area contributed by atoms with Crippen molar-refractivity contribution in [3.05, 3.63) is 66.2 Å². The van der Waals surface area contributed by atoms with Crippen LogP contribution in [-0.4, -0.2) is 48.0 Å². The van der Waals surface area contributed by atoms with Gasteiger partial charge in [-0.25, -0.2) is 0 Å². The van der Waals surface area contributed by atoms with Gasteiger partial charge in [-0.2, -0.15) is 0 Å². The summed E-state index contributed by atoms with van der Waals surface area (Å²) in [4.78, 5) is 19.5. The molecule has 1 aromatic heterocycles. The Morgan fingerprint density at radius 3 is 2.15 bits per heavy atom. The molecular formula is C33H44N4O3. The highest BCUT2D eigenvalue weighted by molar-refractivity contribution is 6.08. The Labute approximate surface area is 238 Å². The van der Waals surface area contributed by atoms with Crippen LogP contribution in [0.2, 0.25) is 0 Å². The molecule has 1 atom stereocenters. The van der Waals surface area contributed by atoms with E-state index in [9.17, 15) is 4.79 Å². The highest BCUT2D eigenvalue weighted by Gasteiger charge is 2.32. The van der Waals surface area contributed by atoms with Crippen molar-refractivity contribution in [1.29, 1.82) is 0 Å². The first-order valence-corrected chi connectivity index (χ1v) is 14.6. The molecule has 1 fully saturated rings. The zero-order valence-corrected chi connectivity index (χ0v) is 25.0. The number of aliphatic imine (C=N–C) groups is 1. The van der Waals surface area contributed by atoms with Crippen LogP contribution in [-0.2, 0) is 6.67 Å². The lowest BCUT2D eigenvalue weighted by Crippen LogP contribution is -2.35. The summed E-state index contributed by atoms with van der Waals surface area (Å²) < 4.78 is 13.8. The number of nitrogens with zero attached hydrogens (tertiary/aromatic N) is 3. The summed E-state index contributed by atoms with van der Waals surface area (Å²) in [7, 11) is 1.59. The maximum Gasteiger partial charge on any atom is 0.256 e. The number of rotatable bonds is 6. The van der Waals surface area contributed by atoms with E-state index in [2.05, 4.69) is 63.4 Å². The fourth-order valence-electron chi connectivity index (χ4n) is 5.08. The van der Waals surface area contributed by atoms with Crippen LogP contribution in [0, 0.1) is 0 Å². The minimum atomic E-state index is 0.00402. The Morgan fingerprint density at radius 2 is 1.52 bits per heavy atom. The number of benzene rings is 3. The lowest BCUT2D eigenvalue weighted by atomic mass is 10.1. The van der Waals surface area contributed by atoms with E-state index in [4.69, 9.17) is 9.47 Å². The minimum absolute atomic E-state index is 0.00402. The van der Waals surface area contributed by atoms with Gasteiger partial charge in [0.25, 0.3) is 5.91 Å². The summed E-state index contributed by atoms with van der Waals surface area (Å²) in [5.41, 5.74) is 3.53. The fraction of sp³-hybridized carbons (Fsp3) is 0.394. The second kappa shape index (κ2) is 15.1. The van der Waals surface area contributed by atoms with Gasteiger partial charge < -0.3 is 18.9 Å². The number of hydrogen-bond acceptors (Lipinski definition) is 5. The van der Waals surface area contributed by atoms with Gasteiger partial charge in [-0.1, -0.05) is 77.9 Å². The average molecular weight is 545 g/mol. The zero-order chi connectivity index (χ0) is 29.1. The Morgan fingerprint density at radius 1 is 0.900 bits per heavy atom. The summed E-state index contributed by atoms with van der Waals surface area (Å²) >= 11 is 0. The number of para-hydroxylation sites is 2. The smallest absolute Gasteiger partial charge is 0.256 e. The molecule has 0 spiro atoms. The predicted molar refractivity (Wildman–Crippen MR) is 167 cm³/mol. The Balaban J connectivity index is 0.000000691. The molecule has 1 N–H and O–H groups in total. The topological polar surface area (TPSA) is 68.1 Å². The Hall–Kier alpha value is -3.84. The van der Waals surface area contributed by atoms with Gasteiger partial charge in [-0.05, 0) is 31.0 Å². The van der Waals surface area contributed by atoms with Crippen molar-refractivity contribution in [3.63, 3.8) is 0 Å². The molecule has 7 heteroatoms. The van der Waals surface area contributed by atoms with Crippen LogP contribution in [0.1, 0.15) is 64.7 Å². The van der Waals surface area contributed by atoms with Crippen molar-refractivity contribution in [2.24, 2.45) is 4.99 Å². The molecule has 6 rings (SSSR count). The van der Waals surface area contributed by atoms with Crippen molar-refractivity contribution in [1.82, 2.24) is 14.8 Å². The molecular weight excluding hydrogens is 500 g/mol. The van der Waals surface area contributed by atoms with Gasteiger partial charge >= 0.3 is 0 Å². The lowest BCUT2D eigenvalue weighted by molar-refractivity contribution is 0.0774. The van der Waals surface area contributed by atoms with Gasteiger partial charge in [-0.15, -0.1) is 0 Å². The summed E-state index contributed by atoms with van der Waals surface area (Å²) in [6.45, 7) is 13.6. The van der Waals surface area contributed by atoms with Crippen molar-refractivity contribution < 1.29 is 14.3 Å². The largest absolute Gasteiger partial charge is 0.493 e. The van der Waals surface area contributed by atoms with Gasteiger partial charge in [0.05, 0.1) is 42.1 Å². The van der Waals surface area contributed by atoms with Crippen LogP contribution < -0.4 is 14.8 Å². The van der Waals surface area contributed by atoms with Crippen molar-refractivity contribution in [2.75, 3.05) is 20.4 Å². The highest BCUT2D eigenvalue weighted by atomic mass is 16.5. The molecule has 1 saturated heterocycles. The third kappa shape index (κ3) is 6.15. The van der Waals surface area contributed by atoms with E-state index >= 15 is 0 Å². The van der Waals surface area contributed by atoms with E-state index in [1.54, 1.807) is 19.2 Å². The second-order valence-electron chi connectivity index (χ2n) is 8.67. The standard InChI is InChI=1S/C27H26N4O3.3C2H6/c1-33-25-13-21-22(29-15-18-7-6-12-30(18)27(21)32)14-26(25)34-17-28-16-31-23-10-4-2-8-19(23)20-9-3-5-11-24(20)31;3*1-2/h2-5,8-11,13-15,18,28H,6-7,12,16-17H2,1H3;3*1-2H3. The second-order valence-corrected chi connectivity index (χ2v) is 8.67. The molecule has 0 radical (unpaired) electrons. The van der Waals surface area contributed by atoms with E-state index in [0.717, 1.165) is 19.4 Å². The summed E-state index contributed by atoms with van der Waals surface area (Å²) in [5.74, 6) is 1.09. The molecule has 3 aromatic carbocycles. The average Bonchev–Trinajstić information content (AvgIpc) is 3.60. The maximum absolute atomic E-state index is 13.0. The van der Waals surface area contributed by atoms with Gasteiger partial charge in [0.2, 0.25) is 0 Å². The molecule has 2 aliphatic heterocycles. The number of amides is 1. The monoisotopic (exact) mass is 544 g/mol. The number of ether oxygens (including phenoxy) is 2. The molecule has 2 aliphatic rings. The zero-order valence-electron chi connectivity index (χ0n) is 25.0. The van der Waals surface area contributed by atoms with Crippen LogP contribution in [0.5, 0.6) is 11.5 Å². The number of fused-ring (bicyclic) bond motifs is 5. The van der Waals surface area contributed by atoms with Gasteiger partial charge in [0, 0.05) is 29.6 Å². The minimum Gasteiger partial charge on any atom is -0.493 e. The quantitative estimate of drug-likeness (QED) is 0.199. The molecule has 4 aromatic rings. The fourth-order valence-corrected chi connectivity index (χ4v) is 5.08. The number of aromatic nitrogens is 1. The van der Waals surface area contributed by atoms with E-state index in [1.807, 2.05) is 52.7 Å². The first-order valence-electron chi connectivity index (χ1n) is 14.6. The van der Waals surface area contributed by atoms with Crippen LogP contribution in [0.3, 0.4) is 0 Å². The molecule has 0 saturated carbocycles. The van der Waals surface area contributed by atoms with Gasteiger partial charge in [-0.3, -0.25) is 15.1 Å². The number of methoxy groups -OCH3 is 1. The molecule has 7 nitrogen and oxygen atoms in total. The highest BCUT2D eigenvalue weighted by Crippen LogP contribution is 2.38. The summed E-state index contributed by atoms with van der Waals surface area (Å²) in [6.07, 6.45) is 3.84. The summed E-state index contributed by atoms with van der Waals surface area (Å²) in [6, 6.07) is 20.4. The van der Waals surface area contributed by atoms with Crippen molar-refractivity contribution >= 4 is 39.6 Å². The van der Waals surface area contributed by atoms with Gasteiger partial charge in [0.15, 0.2) is 11.5 Å². The van der Waals surface area contributed by atoms with E-state index in [0.29, 0.717) is 29.4 Å². The summed E-state index contributed by atoms with van der Waals surface area (Å²) in [5, 5.41) is 5.84. The molecule has 1 amide bonds. The molecule has 40 heavy (non-hydrogen) atoms. The lowest BCUT2D eigenvalue weighted by Gasteiger charge is -2.20. The maximum atomic E-state index is 13.0. The molecule has 3 heterocycles. The van der Waals surface area contributed by atoms with E-state index in [1.165, 1.54) is 21.8 Å². The number of nitrogens with one attached hydrogen (secondary N) is 1. The van der Waals surface area contributed by atoms with Crippen molar-refractivity contribution in [3.8, 4) is 11.5 Å². The number of hydrogen-bond donors (Lipinski definition) is 1. The number of carbonyl (C=O) groups excluding carboxylic acids is 1. The molecule has 214 valence electrons. The van der Waals surface area contributed by atoms with Crippen LogP contribution in [0.4, 0.5) is 5.69 Å². The van der Waals surface area contributed by atoms with Crippen LogP contribution >= 0.6 is 0 Å². The van der Waals surface area contributed by atoms with E-state index in [-0.39, 0.29) is 18.7 Å². The predicted octanol–water partition coefficient (Wildman–Crippen LogP) is 7.79. The van der Waals surface area contributed by atoms with Gasteiger partial charge in [0.1, 0.15) is 6.73 Å². The Bertz CT molecular complexity index is 1370. The third-order valence-electron chi connectivity index (χ3n) is 6.74.